The van der Waals surface area contributed by atoms with E-state index in [-0.39, 0.29) is 16.9 Å². The number of Topliss-reactive ketones (excluding diaryl/α,β-unsaturated/α-hetero) is 2. The molecule has 1 N–H and O–H groups in total. The Hall–Kier alpha value is -3.27. The highest BCUT2D eigenvalue weighted by molar-refractivity contribution is 6.18. The van der Waals surface area contributed by atoms with Gasteiger partial charge in [-0.25, -0.2) is 4.79 Å². The zero-order valence-corrected chi connectivity index (χ0v) is 13.6. The summed E-state index contributed by atoms with van der Waals surface area (Å²) in [5.74, 6) is -3.09. The molecule has 0 aromatic heterocycles. The number of hydrogen-bond donors (Lipinski definition) is 1. The van der Waals surface area contributed by atoms with Gasteiger partial charge >= 0.3 is 5.97 Å². The number of carboxylic acid groups (broad SMARTS) is 1. The molecule has 0 aliphatic heterocycles. The Morgan fingerprint density at radius 2 is 1.48 bits per heavy atom. The van der Waals surface area contributed by atoms with Crippen LogP contribution in [0.25, 0.3) is 10.8 Å². The quantitative estimate of drug-likeness (QED) is 0.564. The average molecular weight is 332 g/mol. The number of fused-ring (bicyclic) bond motifs is 1. The van der Waals surface area contributed by atoms with Gasteiger partial charge in [0.15, 0.2) is 5.78 Å². The summed E-state index contributed by atoms with van der Waals surface area (Å²) < 4.78 is 0. The molecule has 4 nitrogen and oxygen atoms in total. The topological polar surface area (TPSA) is 71.4 Å². The molecule has 4 heteroatoms. The summed E-state index contributed by atoms with van der Waals surface area (Å²) in [5.41, 5.74) is 0.613. The Morgan fingerprint density at radius 1 is 0.840 bits per heavy atom. The molecule has 3 aromatic carbocycles. The highest BCUT2D eigenvalue weighted by atomic mass is 16.4. The molecule has 124 valence electrons. The molecule has 3 aromatic rings. The number of carbonyl (C=O) groups is 3. The standard InChI is InChI=1S/C21H16O4/c1-13(22)18(20(23)15-8-3-2-4-9-15)19-16-10-6-5-7-14(16)11-12-17(19)21(24)25/h2-12,18H,1H3,(H,24,25). The molecular formula is C21H16O4. The number of hydrogen-bond acceptors (Lipinski definition) is 3. The molecule has 0 aliphatic rings. The van der Waals surface area contributed by atoms with Crippen LogP contribution in [0.3, 0.4) is 0 Å². The van der Waals surface area contributed by atoms with Crippen LogP contribution in [-0.2, 0) is 4.79 Å². The van der Waals surface area contributed by atoms with Crippen LogP contribution in [-0.4, -0.2) is 22.6 Å². The maximum Gasteiger partial charge on any atom is 0.336 e. The van der Waals surface area contributed by atoms with E-state index in [0.717, 1.165) is 5.39 Å². The van der Waals surface area contributed by atoms with E-state index in [1.54, 1.807) is 48.5 Å². The summed E-state index contributed by atoms with van der Waals surface area (Å²) in [6, 6.07) is 18.8. The Kier molecular flexibility index (Phi) is 4.44. The summed E-state index contributed by atoms with van der Waals surface area (Å²) in [4.78, 5) is 37.1. The van der Waals surface area contributed by atoms with Gasteiger partial charge in [-0.05, 0) is 29.3 Å². The van der Waals surface area contributed by atoms with Crippen molar-refractivity contribution in [1.82, 2.24) is 0 Å². The number of carboxylic acids is 1. The third-order valence-electron chi connectivity index (χ3n) is 4.22. The van der Waals surface area contributed by atoms with Crippen LogP contribution < -0.4 is 0 Å². The predicted molar refractivity (Wildman–Crippen MR) is 95.1 cm³/mol. The van der Waals surface area contributed by atoms with Gasteiger partial charge in [0.05, 0.1) is 5.56 Å². The summed E-state index contributed by atoms with van der Waals surface area (Å²) in [6.07, 6.45) is 0. The Morgan fingerprint density at radius 3 is 2.12 bits per heavy atom. The van der Waals surface area contributed by atoms with Crippen LogP contribution in [0.15, 0.2) is 66.7 Å². The Labute approximate surface area is 144 Å². The third-order valence-corrected chi connectivity index (χ3v) is 4.22. The van der Waals surface area contributed by atoms with Crippen molar-refractivity contribution < 1.29 is 19.5 Å². The molecule has 0 aliphatic carbocycles. The van der Waals surface area contributed by atoms with E-state index in [2.05, 4.69) is 0 Å². The SMILES string of the molecule is CC(=O)C(C(=O)c1ccccc1)c1c(C(=O)O)ccc2ccccc12. The number of aromatic carboxylic acids is 1. The molecule has 0 radical (unpaired) electrons. The normalized spacial score (nSPS) is 11.9. The number of benzene rings is 3. The van der Waals surface area contributed by atoms with Gasteiger partial charge in [-0.3, -0.25) is 9.59 Å². The second-order valence-corrected chi connectivity index (χ2v) is 5.83. The molecule has 1 unspecified atom stereocenters. The highest BCUT2D eigenvalue weighted by Gasteiger charge is 2.31. The Bertz CT molecular complexity index is 974. The maximum atomic E-state index is 13.0. The molecule has 3 rings (SSSR count). The zero-order valence-electron chi connectivity index (χ0n) is 13.6. The smallest absolute Gasteiger partial charge is 0.336 e. The van der Waals surface area contributed by atoms with Gasteiger partial charge in [0.2, 0.25) is 0 Å². The molecule has 0 fully saturated rings. The number of carbonyl (C=O) groups excluding carboxylic acids is 2. The fourth-order valence-electron chi connectivity index (χ4n) is 3.08. The van der Waals surface area contributed by atoms with Gasteiger partial charge < -0.3 is 5.11 Å². The molecule has 25 heavy (non-hydrogen) atoms. The van der Waals surface area contributed by atoms with E-state index >= 15 is 0 Å². The summed E-state index contributed by atoms with van der Waals surface area (Å²) >= 11 is 0. The van der Waals surface area contributed by atoms with Crippen LogP contribution in [0.1, 0.15) is 39.1 Å². The van der Waals surface area contributed by atoms with Crippen molar-refractivity contribution in [3.05, 3.63) is 83.4 Å². The molecule has 0 saturated heterocycles. The first kappa shape index (κ1) is 16.6. The Balaban J connectivity index is 2.30. The van der Waals surface area contributed by atoms with E-state index in [9.17, 15) is 19.5 Å². The van der Waals surface area contributed by atoms with Crippen LogP contribution in [0.5, 0.6) is 0 Å². The highest BCUT2D eigenvalue weighted by Crippen LogP contribution is 2.32. The first-order chi connectivity index (χ1) is 12.0. The van der Waals surface area contributed by atoms with Crippen LogP contribution >= 0.6 is 0 Å². The zero-order chi connectivity index (χ0) is 18.0. The monoisotopic (exact) mass is 332 g/mol. The van der Waals surface area contributed by atoms with Crippen molar-refractivity contribution >= 4 is 28.3 Å². The molecule has 0 bridgehead atoms. The van der Waals surface area contributed by atoms with Gasteiger partial charge in [-0.1, -0.05) is 60.7 Å². The third kappa shape index (κ3) is 3.06. The van der Waals surface area contributed by atoms with Gasteiger partial charge in [0.1, 0.15) is 11.7 Å². The number of rotatable bonds is 5. The summed E-state index contributed by atoms with van der Waals surface area (Å²) in [5, 5.41) is 11.0. The minimum absolute atomic E-state index is 0.0248. The van der Waals surface area contributed by atoms with Crippen molar-refractivity contribution in [3.63, 3.8) is 0 Å². The van der Waals surface area contributed by atoms with Crippen molar-refractivity contribution in [2.75, 3.05) is 0 Å². The summed E-state index contributed by atoms with van der Waals surface area (Å²) in [7, 11) is 0. The van der Waals surface area contributed by atoms with Crippen molar-refractivity contribution in [1.29, 1.82) is 0 Å². The predicted octanol–water partition coefficient (Wildman–Crippen LogP) is 4.09. The lowest BCUT2D eigenvalue weighted by atomic mass is 9.82. The first-order valence-electron chi connectivity index (χ1n) is 7.85. The summed E-state index contributed by atoms with van der Waals surface area (Å²) in [6.45, 7) is 1.32. The van der Waals surface area contributed by atoms with Gasteiger partial charge in [0.25, 0.3) is 0 Å². The van der Waals surface area contributed by atoms with Gasteiger partial charge in [-0.15, -0.1) is 0 Å². The molecular weight excluding hydrogens is 316 g/mol. The fraction of sp³-hybridized carbons (Fsp3) is 0.0952. The molecule has 1 atom stereocenters. The van der Waals surface area contributed by atoms with Crippen LogP contribution in [0, 0.1) is 0 Å². The second kappa shape index (κ2) is 6.69. The van der Waals surface area contributed by atoms with E-state index < -0.39 is 17.7 Å². The maximum absolute atomic E-state index is 13.0. The van der Waals surface area contributed by atoms with E-state index in [0.29, 0.717) is 10.9 Å². The van der Waals surface area contributed by atoms with Crippen molar-refractivity contribution in [2.45, 2.75) is 12.8 Å². The lowest BCUT2D eigenvalue weighted by Crippen LogP contribution is -2.23. The van der Waals surface area contributed by atoms with E-state index in [1.807, 2.05) is 12.1 Å². The van der Waals surface area contributed by atoms with Crippen molar-refractivity contribution in [2.24, 2.45) is 0 Å². The largest absolute Gasteiger partial charge is 0.478 e. The molecule has 0 amide bonds. The van der Waals surface area contributed by atoms with Crippen LogP contribution in [0.4, 0.5) is 0 Å². The van der Waals surface area contributed by atoms with Gasteiger partial charge in [-0.2, -0.15) is 0 Å². The van der Waals surface area contributed by atoms with E-state index in [4.69, 9.17) is 0 Å². The molecule has 0 spiro atoms. The van der Waals surface area contributed by atoms with Gasteiger partial charge in [0, 0.05) is 5.56 Å². The molecule has 0 saturated carbocycles. The second-order valence-electron chi connectivity index (χ2n) is 5.83. The first-order valence-corrected chi connectivity index (χ1v) is 7.85. The van der Waals surface area contributed by atoms with E-state index in [1.165, 1.54) is 13.0 Å². The minimum atomic E-state index is -1.16. The van der Waals surface area contributed by atoms with Crippen LogP contribution in [0.2, 0.25) is 0 Å². The minimum Gasteiger partial charge on any atom is -0.478 e. The lowest BCUT2D eigenvalue weighted by Gasteiger charge is -2.18. The number of ketones is 2. The molecule has 0 heterocycles. The average Bonchev–Trinajstić information content (AvgIpc) is 2.62. The van der Waals surface area contributed by atoms with Crippen molar-refractivity contribution in [3.8, 4) is 0 Å². The lowest BCUT2D eigenvalue weighted by molar-refractivity contribution is -0.117. The fourth-order valence-corrected chi connectivity index (χ4v) is 3.08.